The summed E-state index contributed by atoms with van der Waals surface area (Å²) < 4.78 is -0.462. The second-order valence-electron chi connectivity index (χ2n) is 29.5. The van der Waals surface area contributed by atoms with Crippen molar-refractivity contribution >= 4 is 76.7 Å². The van der Waals surface area contributed by atoms with Gasteiger partial charge in [0.05, 0.1) is 6.10 Å². The summed E-state index contributed by atoms with van der Waals surface area (Å²) in [6.07, 6.45) is 2.99. The van der Waals surface area contributed by atoms with E-state index in [-0.39, 0.29) is 55.6 Å². The molecule has 0 aromatic rings. The summed E-state index contributed by atoms with van der Waals surface area (Å²) in [5, 5.41) is 20.9. The third-order valence-corrected chi connectivity index (χ3v) is 20.5. The molecular weight excluding hydrogens is 1230 g/mol. The fourth-order valence-corrected chi connectivity index (χ4v) is 14.3. The Morgan fingerprint density at radius 1 is 0.537 bits per heavy atom. The van der Waals surface area contributed by atoms with E-state index >= 15 is 33.6 Å². The number of hydrogen-bond acceptors (Lipinski definition) is 14. The van der Waals surface area contributed by atoms with Gasteiger partial charge in [-0.3, -0.25) is 52.7 Å². The number of carbonyl (C=O) groups excluding carboxylic acids is 11. The predicted molar refractivity (Wildman–Crippen MR) is 375 cm³/mol. The van der Waals surface area contributed by atoms with E-state index in [1.54, 1.807) is 54.5 Å². The first-order valence-corrected chi connectivity index (χ1v) is 35.7. The van der Waals surface area contributed by atoms with Crippen LogP contribution < -0.4 is 16.0 Å². The van der Waals surface area contributed by atoms with Gasteiger partial charge in [-0.1, -0.05) is 109 Å². The Kier molecular flexibility index (Phi) is 33.9. The van der Waals surface area contributed by atoms with E-state index in [1.165, 1.54) is 109 Å². The molecule has 0 aromatic carbocycles. The number of amides is 11. The van der Waals surface area contributed by atoms with E-state index in [0.717, 1.165) is 18.0 Å². The van der Waals surface area contributed by atoms with E-state index < -0.39 is 166 Å². The molecule has 0 aliphatic carbocycles. The number of nitrogens with one attached hydrogen (secondary N) is 3. The summed E-state index contributed by atoms with van der Waals surface area (Å²) in [5.41, 5.74) is 0. The molecule has 2 heterocycles. The number of nitrogens with zero attached hydrogens (tertiary/aromatic N) is 9. The third kappa shape index (κ3) is 22.3. The van der Waals surface area contributed by atoms with Crippen molar-refractivity contribution in [2.45, 2.75) is 260 Å². The summed E-state index contributed by atoms with van der Waals surface area (Å²) in [6, 6.07) is -14.1. The van der Waals surface area contributed by atoms with Gasteiger partial charge in [0, 0.05) is 72.4 Å². The predicted octanol–water partition coefficient (Wildman–Crippen LogP) is 4.95. The molecule has 0 saturated carbocycles. The van der Waals surface area contributed by atoms with Gasteiger partial charge in [-0.25, -0.2) is 0 Å². The molecule has 25 heteroatoms. The van der Waals surface area contributed by atoms with Gasteiger partial charge in [0.2, 0.25) is 65.0 Å². The molecule has 0 aromatic heterocycles. The Morgan fingerprint density at radius 3 is 1.47 bits per heavy atom. The number of aliphatic hydroxyl groups is 1. The minimum absolute atomic E-state index is 0.00603. The van der Waals surface area contributed by atoms with Gasteiger partial charge in [-0.15, -0.1) is 0 Å². The maximum absolute atomic E-state index is 15.6. The Balaban J connectivity index is 3.14. The maximum atomic E-state index is 15.6. The van der Waals surface area contributed by atoms with Crippen molar-refractivity contribution in [3.8, 4) is 0 Å². The van der Waals surface area contributed by atoms with Crippen LogP contribution in [0, 0.1) is 35.5 Å². The van der Waals surface area contributed by atoms with Crippen LogP contribution >= 0.6 is 11.8 Å². The highest BCUT2D eigenvalue weighted by atomic mass is 32.2. The summed E-state index contributed by atoms with van der Waals surface area (Å²) in [7, 11) is 10.2. The summed E-state index contributed by atoms with van der Waals surface area (Å²) in [6.45, 7) is 38.7. The Morgan fingerprint density at radius 2 is 1.00 bits per heavy atom. The number of rotatable bonds is 20. The number of likely N-dealkylation sites (N-methyl/N-ethyl adjacent to an activating group) is 7. The topological polar surface area (TPSA) is 273 Å². The molecule has 2 fully saturated rings. The molecule has 2 aliphatic rings. The van der Waals surface area contributed by atoms with Crippen LogP contribution in [-0.4, -0.2) is 272 Å². The second-order valence-corrected chi connectivity index (χ2v) is 31.2. The molecule has 2 rings (SSSR count). The summed E-state index contributed by atoms with van der Waals surface area (Å²) >= 11 is 1.47. The van der Waals surface area contributed by atoms with Gasteiger partial charge in [-0.2, -0.15) is 11.8 Å². The van der Waals surface area contributed by atoms with Crippen molar-refractivity contribution < 1.29 is 57.8 Å². The van der Waals surface area contributed by atoms with Crippen LogP contribution in [-0.2, 0) is 52.7 Å². The Labute approximate surface area is 574 Å². The zero-order valence-corrected chi connectivity index (χ0v) is 63.9. The van der Waals surface area contributed by atoms with Gasteiger partial charge in [0.1, 0.15) is 66.5 Å². The van der Waals surface area contributed by atoms with E-state index in [0.29, 0.717) is 13.0 Å². The van der Waals surface area contributed by atoms with Crippen LogP contribution in [0.15, 0.2) is 12.2 Å². The molecule has 4 N–H and O–H groups in total. The first kappa shape index (κ1) is 85.3. The molecule has 544 valence electrons. The number of carbonyl (C=O) groups is 11. The Bertz CT molecular complexity index is 2650. The van der Waals surface area contributed by atoms with Gasteiger partial charge in [0.15, 0.2) is 0 Å². The molecule has 2 saturated heterocycles. The minimum atomic E-state index is -1.64. The van der Waals surface area contributed by atoms with Gasteiger partial charge >= 0.3 is 0 Å². The van der Waals surface area contributed by atoms with Crippen molar-refractivity contribution in [3.05, 3.63) is 12.2 Å². The molecule has 1 unspecified atom stereocenters. The average molecular weight is 1360 g/mol. The smallest absolute Gasteiger partial charge is 0.246 e. The van der Waals surface area contributed by atoms with E-state index in [1.807, 2.05) is 54.5 Å². The lowest BCUT2D eigenvalue weighted by Gasteiger charge is -2.42. The largest absolute Gasteiger partial charge is 0.390 e. The number of hydrogen-bond donors (Lipinski definition) is 4. The molecule has 0 spiro atoms. The lowest BCUT2D eigenvalue weighted by atomic mass is 9.91. The van der Waals surface area contributed by atoms with E-state index in [2.05, 4.69) is 48.5 Å². The fraction of sp³-hybridized carbons (Fsp3) is 0.814. The number of thioether (sulfide) groups is 1. The highest BCUT2D eigenvalue weighted by molar-refractivity contribution is 8.00. The monoisotopic (exact) mass is 1360 g/mol. The minimum Gasteiger partial charge on any atom is -0.390 e. The van der Waals surface area contributed by atoms with E-state index in [4.69, 9.17) is 0 Å². The zero-order valence-electron chi connectivity index (χ0n) is 63.1. The maximum Gasteiger partial charge on any atom is 0.246 e. The van der Waals surface area contributed by atoms with Crippen LogP contribution in [0.2, 0.25) is 0 Å². The second kappa shape index (κ2) is 37.8. The van der Waals surface area contributed by atoms with Crippen LogP contribution in [0.4, 0.5) is 0 Å². The van der Waals surface area contributed by atoms with Crippen LogP contribution in [0.3, 0.4) is 0 Å². The Hall–Kier alpha value is -5.82. The van der Waals surface area contributed by atoms with E-state index in [9.17, 15) is 24.3 Å². The molecule has 0 radical (unpaired) electrons. The SMILES string of the molecule is C/C=C/C[C@@H](C)[C@@H](O)[C@H]1C(=O)N[C@@H](CC)C(=O)N(C)[C@H](CSC(C)(C)CN(CC)CC)C(=O)N(C)[C@@H](CC(C)C)C(=O)N[C@@H](C(C)C)C(=O)N(C)[C@H]2CC(C)N(C2=O)[C@@H](C)C(=O)N[C@H](C)C(=O)N(C)[C@@H](CC(C)C)C(=O)N(C)[C@@H](CC(C)C)C(=O)N(C)[C@@H](C(C)C)C(=O)N1C. The van der Waals surface area contributed by atoms with Gasteiger partial charge < -0.3 is 65.2 Å². The average Bonchev–Trinajstić information content (AvgIpc) is 1.78. The van der Waals surface area contributed by atoms with Crippen molar-refractivity contribution in [1.82, 2.24) is 60.0 Å². The zero-order chi connectivity index (χ0) is 73.3. The molecule has 14 atom stereocenters. The lowest BCUT2D eigenvalue weighted by Crippen LogP contribution is -2.64. The molecule has 2 bridgehead atoms. The summed E-state index contributed by atoms with van der Waals surface area (Å²) in [4.78, 5) is 178. The first-order chi connectivity index (χ1) is 43.9. The molecule has 95 heavy (non-hydrogen) atoms. The molecule has 24 nitrogen and oxygen atoms in total. The number of fused-ring (bicyclic) bond motifs is 2. The molecular formula is C70H126N12O12S. The number of allylic oxidation sites excluding steroid dienone is 2. The number of aliphatic hydroxyl groups excluding tert-OH is 1. The van der Waals surface area contributed by atoms with Crippen LogP contribution in [0.5, 0.6) is 0 Å². The third-order valence-electron chi connectivity index (χ3n) is 19.1. The highest BCUT2D eigenvalue weighted by Crippen LogP contribution is 2.31. The van der Waals surface area contributed by atoms with Crippen LogP contribution in [0.1, 0.15) is 177 Å². The normalized spacial score (nSPS) is 27.7. The van der Waals surface area contributed by atoms with Crippen molar-refractivity contribution in [2.24, 2.45) is 35.5 Å². The van der Waals surface area contributed by atoms with Crippen molar-refractivity contribution in [3.63, 3.8) is 0 Å². The quantitative estimate of drug-likeness (QED) is 0.118. The highest BCUT2D eigenvalue weighted by Gasteiger charge is 2.49. The van der Waals surface area contributed by atoms with Gasteiger partial charge in [0.25, 0.3) is 0 Å². The van der Waals surface area contributed by atoms with Gasteiger partial charge in [-0.05, 0) is 129 Å². The molecule has 2 aliphatic heterocycles. The lowest BCUT2D eigenvalue weighted by molar-refractivity contribution is -0.157. The fourth-order valence-electron chi connectivity index (χ4n) is 13.0. The first-order valence-electron chi connectivity index (χ1n) is 34.7. The van der Waals surface area contributed by atoms with Crippen LogP contribution in [0.25, 0.3) is 0 Å². The summed E-state index contributed by atoms with van der Waals surface area (Å²) in [5.74, 6) is -9.23. The standard InChI is InChI=1S/C70H126N12O12S/c1-28-32-33-45(15)58(83)57-61(86)72-49(29-2)63(88)78(25)54(38-95-70(19,20)39-81(30-3)31-4)66(91)74(21)50(34-40(5)6)60(85)73-55(43(11)12)68(93)77(24)53-37-46(16)82(67(53)92)48(18)59(84)71-47(17)62(87)75(22)51(35-41(7)8)64(89)76(23)52(36-42(9)10)65(90)79(26)56(44(13)14)69(94)80(57)27/h28,32,40-58,83H,29-31,33-39H2,1-27H3,(H,71,84)(H,72,86)(H,73,85)/b32-28+/t45-,46?,47-,48+,49+,50+,51+,52+,53+,54-,55+,56+,57+,58-/m1/s1. The molecule has 11 amide bonds. The van der Waals surface area contributed by atoms with Crippen molar-refractivity contribution in [2.75, 3.05) is 74.7 Å². The van der Waals surface area contributed by atoms with Crippen molar-refractivity contribution in [1.29, 1.82) is 0 Å².